The van der Waals surface area contributed by atoms with Gasteiger partial charge in [-0.05, 0) is 43.9 Å². The highest BCUT2D eigenvalue weighted by molar-refractivity contribution is 7.99. The van der Waals surface area contributed by atoms with E-state index in [1.165, 1.54) is 0 Å². The SMILES string of the molecule is CCCOc1ccc(C(=O)NC(C)C(CO)SC)cc1. The number of carbonyl (C=O) groups excluding carboxylic acids is 1. The molecular weight excluding hydrogens is 274 g/mol. The van der Waals surface area contributed by atoms with Crippen molar-refractivity contribution in [2.24, 2.45) is 0 Å². The fourth-order valence-corrected chi connectivity index (χ4v) is 2.37. The van der Waals surface area contributed by atoms with Crippen LogP contribution in [-0.4, -0.2) is 41.8 Å². The minimum Gasteiger partial charge on any atom is -0.494 e. The highest BCUT2D eigenvalue weighted by Crippen LogP contribution is 2.14. The molecule has 0 aliphatic rings. The molecule has 0 bridgehead atoms. The third-order valence-electron chi connectivity index (χ3n) is 2.99. The summed E-state index contributed by atoms with van der Waals surface area (Å²) in [5.41, 5.74) is 0.596. The molecule has 2 unspecified atom stereocenters. The van der Waals surface area contributed by atoms with Crippen molar-refractivity contribution in [3.63, 3.8) is 0 Å². The Bertz CT molecular complexity index is 404. The number of aliphatic hydroxyl groups excluding tert-OH is 1. The van der Waals surface area contributed by atoms with Crippen LogP contribution in [0.2, 0.25) is 0 Å². The summed E-state index contributed by atoms with van der Waals surface area (Å²) in [5.74, 6) is 0.640. The van der Waals surface area contributed by atoms with Crippen LogP contribution in [0.15, 0.2) is 24.3 Å². The van der Waals surface area contributed by atoms with Crippen LogP contribution in [0.25, 0.3) is 0 Å². The van der Waals surface area contributed by atoms with Gasteiger partial charge in [0.15, 0.2) is 0 Å². The molecule has 5 heteroatoms. The third kappa shape index (κ3) is 5.06. The van der Waals surface area contributed by atoms with Crippen LogP contribution in [-0.2, 0) is 0 Å². The van der Waals surface area contributed by atoms with E-state index in [-0.39, 0.29) is 23.8 Å². The number of rotatable bonds is 8. The number of hydrogen-bond acceptors (Lipinski definition) is 4. The fourth-order valence-electron chi connectivity index (χ4n) is 1.74. The summed E-state index contributed by atoms with van der Waals surface area (Å²) in [6.45, 7) is 4.67. The summed E-state index contributed by atoms with van der Waals surface area (Å²) in [4.78, 5) is 12.1. The number of aliphatic hydroxyl groups is 1. The molecule has 1 amide bonds. The van der Waals surface area contributed by atoms with Crippen LogP contribution in [0.4, 0.5) is 0 Å². The van der Waals surface area contributed by atoms with Crippen LogP contribution < -0.4 is 10.1 Å². The first-order valence-corrected chi connectivity index (χ1v) is 8.08. The van der Waals surface area contributed by atoms with Gasteiger partial charge >= 0.3 is 0 Å². The molecule has 0 saturated heterocycles. The summed E-state index contributed by atoms with van der Waals surface area (Å²) >= 11 is 1.54. The van der Waals surface area contributed by atoms with E-state index in [9.17, 15) is 9.90 Å². The van der Waals surface area contributed by atoms with E-state index in [1.54, 1.807) is 36.0 Å². The Balaban J connectivity index is 2.59. The highest BCUT2D eigenvalue weighted by atomic mass is 32.2. The van der Waals surface area contributed by atoms with E-state index in [0.29, 0.717) is 12.2 Å². The number of benzene rings is 1. The molecule has 0 aromatic heterocycles. The molecule has 0 fully saturated rings. The van der Waals surface area contributed by atoms with Crippen LogP contribution in [0, 0.1) is 0 Å². The predicted molar refractivity (Wildman–Crippen MR) is 83.5 cm³/mol. The van der Waals surface area contributed by atoms with Crippen molar-refractivity contribution in [1.29, 1.82) is 0 Å². The van der Waals surface area contributed by atoms with Crippen LogP contribution in [0.1, 0.15) is 30.6 Å². The monoisotopic (exact) mass is 297 g/mol. The lowest BCUT2D eigenvalue weighted by molar-refractivity contribution is 0.0936. The molecule has 2 N–H and O–H groups in total. The van der Waals surface area contributed by atoms with Crippen molar-refractivity contribution >= 4 is 17.7 Å². The van der Waals surface area contributed by atoms with Gasteiger partial charge in [-0.2, -0.15) is 11.8 Å². The summed E-state index contributed by atoms with van der Waals surface area (Å²) in [6.07, 6.45) is 2.88. The van der Waals surface area contributed by atoms with E-state index in [2.05, 4.69) is 5.32 Å². The molecule has 0 aliphatic heterocycles. The van der Waals surface area contributed by atoms with E-state index in [1.807, 2.05) is 20.1 Å². The van der Waals surface area contributed by atoms with E-state index < -0.39 is 0 Å². The second-order valence-corrected chi connectivity index (χ2v) is 5.67. The van der Waals surface area contributed by atoms with Crippen molar-refractivity contribution in [3.8, 4) is 5.75 Å². The number of hydrogen-bond donors (Lipinski definition) is 2. The van der Waals surface area contributed by atoms with Gasteiger partial charge in [-0.3, -0.25) is 4.79 Å². The number of amides is 1. The van der Waals surface area contributed by atoms with E-state index in [4.69, 9.17) is 4.74 Å². The van der Waals surface area contributed by atoms with Crippen molar-refractivity contribution in [2.45, 2.75) is 31.6 Å². The van der Waals surface area contributed by atoms with Gasteiger partial charge in [0.05, 0.1) is 13.2 Å². The molecular formula is C15H23NO3S. The largest absolute Gasteiger partial charge is 0.494 e. The molecule has 0 heterocycles. The molecule has 0 saturated carbocycles. The van der Waals surface area contributed by atoms with Gasteiger partial charge in [0.25, 0.3) is 5.91 Å². The number of carbonyl (C=O) groups is 1. The van der Waals surface area contributed by atoms with Gasteiger partial charge in [-0.25, -0.2) is 0 Å². The first kappa shape index (κ1) is 16.9. The maximum atomic E-state index is 12.1. The molecule has 20 heavy (non-hydrogen) atoms. The van der Waals surface area contributed by atoms with Gasteiger partial charge in [0.2, 0.25) is 0 Å². The van der Waals surface area contributed by atoms with E-state index in [0.717, 1.165) is 12.2 Å². The first-order chi connectivity index (χ1) is 9.62. The molecule has 0 spiro atoms. The normalized spacial score (nSPS) is 13.6. The maximum absolute atomic E-state index is 12.1. The lowest BCUT2D eigenvalue weighted by atomic mass is 10.1. The van der Waals surface area contributed by atoms with Crippen LogP contribution >= 0.6 is 11.8 Å². The standard InChI is InChI=1S/C15H23NO3S/c1-4-9-19-13-7-5-12(6-8-13)15(18)16-11(2)14(10-17)20-3/h5-8,11,14,17H,4,9-10H2,1-3H3,(H,16,18). The minimum atomic E-state index is -0.132. The lowest BCUT2D eigenvalue weighted by Crippen LogP contribution is -2.41. The number of nitrogens with one attached hydrogen (secondary N) is 1. The first-order valence-electron chi connectivity index (χ1n) is 6.79. The van der Waals surface area contributed by atoms with Crippen molar-refractivity contribution in [3.05, 3.63) is 29.8 Å². The molecule has 0 aliphatic carbocycles. The van der Waals surface area contributed by atoms with Crippen molar-refractivity contribution in [1.82, 2.24) is 5.32 Å². The Labute approximate surface area is 124 Å². The van der Waals surface area contributed by atoms with Crippen molar-refractivity contribution in [2.75, 3.05) is 19.5 Å². The Morgan fingerprint density at radius 2 is 2.05 bits per heavy atom. The molecule has 1 aromatic rings. The second kappa shape index (κ2) is 8.87. The van der Waals surface area contributed by atoms with Crippen LogP contribution in [0.3, 0.4) is 0 Å². The zero-order chi connectivity index (χ0) is 15.0. The Kier molecular flexibility index (Phi) is 7.47. The van der Waals surface area contributed by atoms with Gasteiger partial charge in [0.1, 0.15) is 5.75 Å². The van der Waals surface area contributed by atoms with Gasteiger partial charge < -0.3 is 15.2 Å². The van der Waals surface area contributed by atoms with Gasteiger partial charge in [0, 0.05) is 16.9 Å². The predicted octanol–water partition coefficient (Wildman–Crippen LogP) is 2.32. The third-order valence-corrected chi connectivity index (χ3v) is 4.15. The molecule has 1 aromatic carbocycles. The fraction of sp³-hybridized carbons (Fsp3) is 0.533. The Morgan fingerprint density at radius 3 is 2.55 bits per heavy atom. The average Bonchev–Trinajstić information content (AvgIpc) is 2.46. The second-order valence-electron chi connectivity index (χ2n) is 4.59. The number of thioether (sulfide) groups is 1. The Hall–Kier alpha value is -1.20. The summed E-state index contributed by atoms with van der Waals surface area (Å²) in [5, 5.41) is 12.1. The average molecular weight is 297 g/mol. The summed E-state index contributed by atoms with van der Waals surface area (Å²) in [7, 11) is 0. The maximum Gasteiger partial charge on any atom is 0.251 e. The molecule has 0 radical (unpaired) electrons. The highest BCUT2D eigenvalue weighted by Gasteiger charge is 2.18. The smallest absolute Gasteiger partial charge is 0.251 e. The lowest BCUT2D eigenvalue weighted by Gasteiger charge is -2.21. The van der Waals surface area contributed by atoms with Crippen LogP contribution in [0.5, 0.6) is 5.75 Å². The summed E-state index contributed by atoms with van der Waals surface area (Å²) in [6, 6.07) is 7.01. The minimum absolute atomic E-state index is 0.00566. The van der Waals surface area contributed by atoms with Gasteiger partial charge in [-0.15, -0.1) is 0 Å². The van der Waals surface area contributed by atoms with Crippen molar-refractivity contribution < 1.29 is 14.6 Å². The topological polar surface area (TPSA) is 58.6 Å². The zero-order valence-corrected chi connectivity index (χ0v) is 13.1. The van der Waals surface area contributed by atoms with E-state index >= 15 is 0 Å². The molecule has 1 rings (SSSR count). The molecule has 2 atom stereocenters. The zero-order valence-electron chi connectivity index (χ0n) is 12.3. The molecule has 4 nitrogen and oxygen atoms in total. The van der Waals surface area contributed by atoms with Gasteiger partial charge in [-0.1, -0.05) is 6.92 Å². The quantitative estimate of drug-likeness (QED) is 0.773. The number of ether oxygens (including phenoxy) is 1. The molecule has 112 valence electrons. The Morgan fingerprint density at radius 1 is 1.40 bits per heavy atom. The summed E-state index contributed by atoms with van der Waals surface area (Å²) < 4.78 is 5.48.